The summed E-state index contributed by atoms with van der Waals surface area (Å²) in [6, 6.07) is 23.6. The Balaban J connectivity index is 1.24. The van der Waals surface area contributed by atoms with Crippen molar-refractivity contribution in [3.63, 3.8) is 0 Å². The molecule has 4 N–H and O–H groups in total. The summed E-state index contributed by atoms with van der Waals surface area (Å²) in [5.74, 6) is -4.12. The lowest BCUT2D eigenvalue weighted by Crippen LogP contribution is -2.32. The Hall–Kier alpha value is -6.03. The Kier molecular flexibility index (Phi) is 17.3. The standard InChI is InChI=1S/C45H39Cl5N8O6/c1-23(47)27-5-9-30(10-6-27)51-42(61)35-20-33(13-16-37(35)49)55-57-40(25(3)59)44(63)53-32-15-18-39(29(19-32)22-46)54-45(64)41(26(4)60)58-56-34-14-17-38(50)36(21-34)43(62)52-31-11-7-28(8-12-31)24(2)48/h5-21,23-24,40-41H,22H2,1-4H3,(H,51,61)(H,52,62)(H,53,63)(H,54,64). The summed E-state index contributed by atoms with van der Waals surface area (Å²) in [4.78, 5) is 77.9. The van der Waals surface area contributed by atoms with Crippen LogP contribution in [0.25, 0.3) is 0 Å². The number of halogens is 5. The third kappa shape index (κ3) is 13.3. The van der Waals surface area contributed by atoms with E-state index in [2.05, 4.69) is 41.7 Å². The lowest BCUT2D eigenvalue weighted by molar-refractivity contribution is -0.127. The van der Waals surface area contributed by atoms with E-state index in [9.17, 15) is 28.8 Å². The molecule has 64 heavy (non-hydrogen) atoms. The SMILES string of the molecule is CC(=O)C(N=Nc1ccc(Cl)c(C(=O)Nc2ccc(C(C)Cl)cc2)c1)C(=O)Nc1ccc(NC(=O)C(N=Nc2ccc(Cl)c(C(=O)Nc3ccc(C(C)Cl)cc3)c2)C(C)=O)c(CCl)c1. The highest BCUT2D eigenvalue weighted by molar-refractivity contribution is 6.35. The molecule has 0 saturated heterocycles. The highest BCUT2D eigenvalue weighted by Gasteiger charge is 2.26. The van der Waals surface area contributed by atoms with Crippen molar-refractivity contribution in [3.05, 3.63) is 141 Å². The largest absolute Gasteiger partial charge is 0.324 e. The molecule has 4 amide bonds. The molecule has 0 aliphatic heterocycles. The van der Waals surface area contributed by atoms with E-state index in [0.717, 1.165) is 18.1 Å². The monoisotopic (exact) mass is 962 g/mol. The zero-order chi connectivity index (χ0) is 46.7. The van der Waals surface area contributed by atoms with Crippen LogP contribution in [-0.2, 0) is 25.1 Å². The molecule has 0 aliphatic rings. The molecular weight excluding hydrogens is 926 g/mol. The second-order valence-corrected chi connectivity index (χ2v) is 16.5. The minimum absolute atomic E-state index is 0.0753. The van der Waals surface area contributed by atoms with Crippen LogP contribution in [0.4, 0.5) is 34.1 Å². The van der Waals surface area contributed by atoms with Crippen molar-refractivity contribution in [2.75, 3.05) is 21.3 Å². The molecule has 5 rings (SSSR count). The van der Waals surface area contributed by atoms with Gasteiger partial charge in [-0.15, -0.1) is 34.8 Å². The molecule has 0 radical (unpaired) electrons. The zero-order valence-electron chi connectivity index (χ0n) is 34.5. The van der Waals surface area contributed by atoms with Gasteiger partial charge in [-0.1, -0.05) is 47.5 Å². The highest BCUT2D eigenvalue weighted by atomic mass is 35.5. The van der Waals surface area contributed by atoms with Gasteiger partial charge in [0.15, 0.2) is 11.6 Å². The molecule has 0 bridgehead atoms. The van der Waals surface area contributed by atoms with Gasteiger partial charge < -0.3 is 21.3 Å². The molecule has 4 unspecified atom stereocenters. The zero-order valence-corrected chi connectivity index (χ0v) is 38.2. The molecule has 0 heterocycles. The van der Waals surface area contributed by atoms with E-state index in [0.29, 0.717) is 16.9 Å². The average Bonchev–Trinajstić information content (AvgIpc) is 3.25. The van der Waals surface area contributed by atoms with E-state index in [1.807, 2.05) is 13.8 Å². The van der Waals surface area contributed by atoms with Crippen molar-refractivity contribution < 1.29 is 28.8 Å². The van der Waals surface area contributed by atoms with E-state index in [-0.39, 0.29) is 60.6 Å². The normalized spacial score (nSPS) is 13.1. The highest BCUT2D eigenvalue weighted by Crippen LogP contribution is 2.29. The van der Waals surface area contributed by atoms with E-state index in [1.54, 1.807) is 48.5 Å². The summed E-state index contributed by atoms with van der Waals surface area (Å²) in [5, 5.41) is 26.6. The topological polar surface area (TPSA) is 200 Å². The van der Waals surface area contributed by atoms with Crippen LogP contribution in [0.3, 0.4) is 0 Å². The van der Waals surface area contributed by atoms with E-state index >= 15 is 0 Å². The molecule has 5 aromatic carbocycles. The van der Waals surface area contributed by atoms with Gasteiger partial charge in [-0.25, -0.2) is 0 Å². The van der Waals surface area contributed by atoms with Crippen LogP contribution in [0, 0.1) is 0 Å². The lowest BCUT2D eigenvalue weighted by Gasteiger charge is -2.15. The van der Waals surface area contributed by atoms with Gasteiger partial charge in [0, 0.05) is 28.6 Å². The minimum atomic E-state index is -1.59. The first-order valence-corrected chi connectivity index (χ1v) is 21.4. The van der Waals surface area contributed by atoms with E-state index in [1.165, 1.54) is 61.5 Å². The number of azo groups is 2. The number of ketones is 2. The van der Waals surface area contributed by atoms with Gasteiger partial charge in [-0.05, 0) is 123 Å². The summed E-state index contributed by atoms with van der Waals surface area (Å²) < 4.78 is 0. The molecule has 14 nitrogen and oxygen atoms in total. The van der Waals surface area contributed by atoms with Gasteiger partial charge >= 0.3 is 0 Å². The van der Waals surface area contributed by atoms with Crippen molar-refractivity contribution in [2.45, 2.75) is 56.4 Å². The number of nitrogens with one attached hydrogen (secondary N) is 4. The Morgan fingerprint density at radius 3 is 1.33 bits per heavy atom. The fourth-order valence-corrected chi connectivity index (χ4v) is 6.68. The fraction of sp³-hybridized carbons (Fsp3) is 0.200. The predicted octanol–water partition coefficient (Wildman–Crippen LogP) is 12.2. The summed E-state index contributed by atoms with van der Waals surface area (Å²) in [6.45, 7) is 5.99. The van der Waals surface area contributed by atoms with Crippen LogP contribution >= 0.6 is 58.0 Å². The van der Waals surface area contributed by atoms with Crippen molar-refractivity contribution in [2.24, 2.45) is 20.5 Å². The molecule has 4 atom stereocenters. The van der Waals surface area contributed by atoms with Crippen LogP contribution in [0.5, 0.6) is 0 Å². The predicted molar refractivity (Wildman–Crippen MR) is 251 cm³/mol. The Morgan fingerprint density at radius 1 is 0.531 bits per heavy atom. The maximum Gasteiger partial charge on any atom is 0.258 e. The second-order valence-electron chi connectivity index (χ2n) is 14.2. The molecule has 0 fully saturated rings. The number of hydrogen-bond donors (Lipinski definition) is 4. The molecule has 0 aromatic heterocycles. The number of nitrogens with zero attached hydrogens (tertiary/aromatic N) is 4. The molecule has 5 aromatic rings. The van der Waals surface area contributed by atoms with Gasteiger partial charge in [0.25, 0.3) is 23.6 Å². The molecule has 330 valence electrons. The number of benzene rings is 5. The van der Waals surface area contributed by atoms with Crippen molar-refractivity contribution >= 4 is 127 Å². The quantitative estimate of drug-likeness (QED) is 0.0406. The summed E-state index contributed by atoms with van der Waals surface area (Å²) in [7, 11) is 0. The number of carbonyl (C=O) groups excluding carboxylic acids is 6. The van der Waals surface area contributed by atoms with Crippen LogP contribution in [0.1, 0.15) is 75.9 Å². The maximum atomic E-state index is 13.4. The number of rotatable bonds is 17. The van der Waals surface area contributed by atoms with Gasteiger partial charge in [-0.3, -0.25) is 28.8 Å². The Morgan fingerprint density at radius 2 is 0.938 bits per heavy atom. The molecule has 19 heteroatoms. The molecule has 0 saturated carbocycles. The number of Topliss-reactive ketones (excluding diaryl/α,β-unsaturated/α-hetero) is 2. The summed E-state index contributed by atoms with van der Waals surface area (Å²) >= 11 is 31.1. The minimum Gasteiger partial charge on any atom is -0.324 e. The van der Waals surface area contributed by atoms with Crippen molar-refractivity contribution in [3.8, 4) is 0 Å². The van der Waals surface area contributed by atoms with Gasteiger partial charge in [0.05, 0.1) is 43.3 Å². The number of amides is 4. The van der Waals surface area contributed by atoms with Crippen molar-refractivity contribution in [1.29, 1.82) is 0 Å². The third-order valence-corrected chi connectivity index (χ3v) is 10.7. The van der Waals surface area contributed by atoms with Crippen LogP contribution in [0.2, 0.25) is 10.0 Å². The Bertz CT molecular complexity index is 2640. The fourth-order valence-electron chi connectivity index (χ4n) is 5.76. The Labute approximate surface area is 393 Å². The van der Waals surface area contributed by atoms with Crippen LogP contribution in [-0.4, -0.2) is 47.3 Å². The maximum absolute atomic E-state index is 13.4. The van der Waals surface area contributed by atoms with Crippen LogP contribution in [0.15, 0.2) is 124 Å². The van der Waals surface area contributed by atoms with Gasteiger partial charge in [0.2, 0.25) is 12.1 Å². The first-order chi connectivity index (χ1) is 30.4. The molecule has 0 aliphatic carbocycles. The summed E-state index contributed by atoms with van der Waals surface area (Å²) in [5.41, 5.74) is 3.95. The summed E-state index contributed by atoms with van der Waals surface area (Å²) in [6.07, 6.45) is 0. The number of hydrogen-bond acceptors (Lipinski definition) is 10. The lowest BCUT2D eigenvalue weighted by atomic mass is 10.1. The van der Waals surface area contributed by atoms with Gasteiger partial charge in [0.1, 0.15) is 0 Å². The van der Waals surface area contributed by atoms with E-state index < -0.39 is 47.3 Å². The number of alkyl halides is 3. The first-order valence-electron chi connectivity index (χ1n) is 19.3. The van der Waals surface area contributed by atoms with E-state index in [4.69, 9.17) is 58.0 Å². The average molecular weight is 965 g/mol. The smallest absolute Gasteiger partial charge is 0.258 e. The van der Waals surface area contributed by atoms with Gasteiger partial charge in [-0.2, -0.15) is 20.5 Å². The number of anilines is 4. The first kappa shape index (κ1) is 49.0. The third-order valence-electron chi connectivity index (χ3n) is 9.26. The number of carbonyl (C=O) groups is 6. The molecular formula is C45H39Cl5N8O6. The van der Waals surface area contributed by atoms with Crippen molar-refractivity contribution in [1.82, 2.24) is 0 Å². The van der Waals surface area contributed by atoms with Crippen LogP contribution < -0.4 is 21.3 Å². The molecule has 0 spiro atoms. The second kappa shape index (κ2) is 22.5.